The molecule has 0 saturated heterocycles. The van der Waals surface area contributed by atoms with Crippen molar-refractivity contribution in [2.75, 3.05) is 5.32 Å². The summed E-state index contributed by atoms with van der Waals surface area (Å²) in [7, 11) is 0. The minimum atomic E-state index is -1.85. The van der Waals surface area contributed by atoms with Crippen molar-refractivity contribution in [3.05, 3.63) is 52.5 Å². The van der Waals surface area contributed by atoms with E-state index in [0.717, 1.165) is 0 Å². The smallest absolute Gasteiger partial charge is 0.263 e. The Morgan fingerprint density at radius 2 is 1.90 bits per heavy atom. The van der Waals surface area contributed by atoms with E-state index in [4.69, 9.17) is 34.8 Å². The van der Waals surface area contributed by atoms with Gasteiger partial charge in [-0.05, 0) is 23.6 Å². The van der Waals surface area contributed by atoms with Crippen molar-refractivity contribution in [1.82, 2.24) is 5.32 Å². The maximum absolute atomic E-state index is 13.6. The second-order valence-electron chi connectivity index (χ2n) is 4.05. The zero-order chi connectivity index (χ0) is 15.5. The zero-order valence-electron chi connectivity index (χ0n) is 10.4. The van der Waals surface area contributed by atoms with E-state index in [1.807, 2.05) is 0 Å². The van der Waals surface area contributed by atoms with Gasteiger partial charge >= 0.3 is 0 Å². The number of anilines is 1. The molecule has 1 atom stereocenters. The highest BCUT2D eigenvalue weighted by Gasteiger charge is 2.34. The first kappa shape index (κ1) is 16.4. The number of para-hydroxylation sites is 1. The first-order chi connectivity index (χ1) is 9.88. The number of amides is 1. The third kappa shape index (κ3) is 4.48. The average Bonchev–Trinajstić information content (AvgIpc) is 2.93. The number of halogens is 4. The summed E-state index contributed by atoms with van der Waals surface area (Å²) < 4.78 is 11.8. The normalized spacial score (nSPS) is 12.8. The Bertz CT molecular complexity index is 616. The van der Waals surface area contributed by atoms with E-state index in [1.165, 1.54) is 29.5 Å². The fraction of sp³-hybridized carbons (Fsp3) is 0.154. The molecule has 1 amide bonds. The molecule has 2 aromatic rings. The molecule has 21 heavy (non-hydrogen) atoms. The maximum atomic E-state index is 13.6. The minimum Gasteiger partial charge on any atom is -0.359 e. The van der Waals surface area contributed by atoms with Gasteiger partial charge in [0, 0.05) is 0 Å². The number of rotatable bonds is 4. The summed E-state index contributed by atoms with van der Waals surface area (Å²) in [5, 5.41) is 6.97. The molecular formula is C13H10Cl3FN2OS. The lowest BCUT2D eigenvalue weighted by Crippen LogP contribution is -2.49. The van der Waals surface area contributed by atoms with Crippen molar-refractivity contribution < 1.29 is 9.18 Å². The van der Waals surface area contributed by atoms with E-state index in [2.05, 4.69) is 10.6 Å². The fourth-order valence-corrected chi connectivity index (χ4v) is 2.50. The third-order valence-corrected chi connectivity index (χ3v) is 4.04. The molecule has 0 unspecified atom stereocenters. The zero-order valence-corrected chi connectivity index (χ0v) is 13.5. The topological polar surface area (TPSA) is 41.1 Å². The molecule has 0 aliphatic rings. The minimum absolute atomic E-state index is 0.125. The monoisotopic (exact) mass is 366 g/mol. The van der Waals surface area contributed by atoms with Crippen molar-refractivity contribution >= 4 is 57.7 Å². The number of carbonyl (C=O) groups excluding carboxylic acids is 1. The van der Waals surface area contributed by atoms with E-state index in [-0.39, 0.29) is 5.69 Å². The molecule has 3 nitrogen and oxygen atoms in total. The molecule has 112 valence electrons. The summed E-state index contributed by atoms with van der Waals surface area (Å²) in [6.07, 6.45) is -1.09. The molecule has 1 aromatic carbocycles. The van der Waals surface area contributed by atoms with Crippen LogP contribution in [0.15, 0.2) is 41.8 Å². The lowest BCUT2D eigenvalue weighted by atomic mass is 10.3. The van der Waals surface area contributed by atoms with E-state index < -0.39 is 21.7 Å². The Labute approximate surface area is 140 Å². The third-order valence-electron chi connectivity index (χ3n) is 2.52. The largest absolute Gasteiger partial charge is 0.359 e. The van der Waals surface area contributed by atoms with E-state index in [0.29, 0.717) is 4.88 Å². The van der Waals surface area contributed by atoms with Crippen LogP contribution in [-0.4, -0.2) is 15.9 Å². The van der Waals surface area contributed by atoms with Gasteiger partial charge in [0.2, 0.25) is 3.79 Å². The quantitative estimate of drug-likeness (QED) is 0.620. The van der Waals surface area contributed by atoms with Crippen LogP contribution in [0.4, 0.5) is 10.1 Å². The Morgan fingerprint density at radius 3 is 2.48 bits per heavy atom. The molecule has 0 radical (unpaired) electrons. The van der Waals surface area contributed by atoms with Crippen molar-refractivity contribution in [2.45, 2.75) is 9.96 Å². The molecule has 1 heterocycles. The Hall–Kier alpha value is -1.01. The molecule has 0 bridgehead atoms. The molecule has 0 fully saturated rings. The van der Waals surface area contributed by atoms with Gasteiger partial charge in [-0.3, -0.25) is 4.79 Å². The molecule has 0 aliphatic carbocycles. The van der Waals surface area contributed by atoms with Crippen LogP contribution in [0.3, 0.4) is 0 Å². The summed E-state index contributed by atoms with van der Waals surface area (Å²) in [4.78, 5) is 12.5. The van der Waals surface area contributed by atoms with Gasteiger partial charge in [-0.15, -0.1) is 11.3 Å². The van der Waals surface area contributed by atoms with Crippen LogP contribution in [-0.2, 0) is 0 Å². The van der Waals surface area contributed by atoms with Crippen LogP contribution in [0.25, 0.3) is 0 Å². The standard InChI is InChI=1S/C13H10Cl3FN2OS/c14-13(15,16)12(18-9-5-2-1-4-8(9)17)19-11(20)10-6-3-7-21-10/h1-7,12,18H,(H,19,20)/t12-/m0/s1. The number of carbonyl (C=O) groups is 1. The SMILES string of the molecule is O=C(N[C@H](Nc1ccccc1F)C(Cl)(Cl)Cl)c1cccs1. The number of nitrogens with one attached hydrogen (secondary N) is 2. The molecule has 8 heteroatoms. The Kier molecular flexibility index (Phi) is 5.32. The first-order valence-corrected chi connectivity index (χ1v) is 7.81. The molecular weight excluding hydrogens is 358 g/mol. The van der Waals surface area contributed by atoms with Crippen LogP contribution < -0.4 is 10.6 Å². The van der Waals surface area contributed by atoms with Gasteiger partial charge in [0.1, 0.15) is 12.0 Å². The number of alkyl halides is 3. The van der Waals surface area contributed by atoms with Gasteiger partial charge < -0.3 is 10.6 Å². The number of hydrogen-bond donors (Lipinski definition) is 2. The van der Waals surface area contributed by atoms with E-state index in [9.17, 15) is 9.18 Å². The van der Waals surface area contributed by atoms with Crippen LogP contribution in [0, 0.1) is 5.82 Å². The number of hydrogen-bond acceptors (Lipinski definition) is 3. The highest BCUT2D eigenvalue weighted by atomic mass is 35.6. The second-order valence-corrected chi connectivity index (χ2v) is 7.37. The van der Waals surface area contributed by atoms with Crippen LogP contribution >= 0.6 is 46.1 Å². The summed E-state index contributed by atoms with van der Waals surface area (Å²) in [5.74, 6) is -0.924. The summed E-state index contributed by atoms with van der Waals surface area (Å²) in [6.45, 7) is 0. The lowest BCUT2D eigenvalue weighted by Gasteiger charge is -2.27. The lowest BCUT2D eigenvalue weighted by molar-refractivity contribution is 0.0946. The van der Waals surface area contributed by atoms with Crippen LogP contribution in [0.5, 0.6) is 0 Å². The van der Waals surface area contributed by atoms with Gasteiger partial charge in [0.05, 0.1) is 10.6 Å². The fourth-order valence-electron chi connectivity index (χ4n) is 1.54. The Balaban J connectivity index is 2.16. The molecule has 0 aliphatic heterocycles. The van der Waals surface area contributed by atoms with Crippen LogP contribution in [0.2, 0.25) is 0 Å². The molecule has 2 N–H and O–H groups in total. The van der Waals surface area contributed by atoms with Crippen molar-refractivity contribution in [3.63, 3.8) is 0 Å². The van der Waals surface area contributed by atoms with Gasteiger partial charge in [-0.25, -0.2) is 4.39 Å². The van der Waals surface area contributed by atoms with Gasteiger partial charge in [-0.1, -0.05) is 53.0 Å². The van der Waals surface area contributed by atoms with Gasteiger partial charge in [-0.2, -0.15) is 0 Å². The maximum Gasteiger partial charge on any atom is 0.263 e. The van der Waals surface area contributed by atoms with E-state index in [1.54, 1.807) is 23.6 Å². The summed E-state index contributed by atoms with van der Waals surface area (Å²) in [6, 6.07) is 9.28. The number of benzene rings is 1. The second kappa shape index (κ2) is 6.83. The molecule has 0 saturated carbocycles. The summed E-state index contributed by atoms with van der Waals surface area (Å²) in [5.41, 5.74) is 0.125. The molecule has 2 rings (SSSR count). The van der Waals surface area contributed by atoms with E-state index >= 15 is 0 Å². The van der Waals surface area contributed by atoms with Crippen molar-refractivity contribution in [3.8, 4) is 0 Å². The van der Waals surface area contributed by atoms with Crippen LogP contribution in [0.1, 0.15) is 9.67 Å². The Morgan fingerprint density at radius 1 is 1.19 bits per heavy atom. The molecule has 0 spiro atoms. The average molecular weight is 368 g/mol. The van der Waals surface area contributed by atoms with Gasteiger partial charge in [0.25, 0.3) is 5.91 Å². The summed E-state index contributed by atoms with van der Waals surface area (Å²) >= 11 is 18.8. The van der Waals surface area contributed by atoms with Crippen molar-refractivity contribution in [2.24, 2.45) is 0 Å². The predicted molar refractivity (Wildman–Crippen MR) is 85.9 cm³/mol. The first-order valence-electron chi connectivity index (χ1n) is 5.80. The number of thiophene rings is 1. The highest BCUT2D eigenvalue weighted by molar-refractivity contribution is 7.12. The predicted octanol–water partition coefficient (Wildman–Crippen LogP) is 4.43. The molecule has 1 aromatic heterocycles. The van der Waals surface area contributed by atoms with Gasteiger partial charge in [0.15, 0.2) is 0 Å². The van der Waals surface area contributed by atoms with Crippen molar-refractivity contribution in [1.29, 1.82) is 0 Å². The highest BCUT2D eigenvalue weighted by Crippen LogP contribution is 2.31.